The molecule has 2 atom stereocenters. The van der Waals surface area contributed by atoms with E-state index >= 15 is 0 Å². The molecule has 8 nitrogen and oxygen atoms in total. The van der Waals surface area contributed by atoms with Crippen LogP contribution in [0.2, 0.25) is 0 Å². The van der Waals surface area contributed by atoms with Crippen molar-refractivity contribution in [1.82, 2.24) is 9.88 Å². The molecule has 0 saturated heterocycles. The summed E-state index contributed by atoms with van der Waals surface area (Å²) < 4.78 is 15.0. The maximum absolute atomic E-state index is 13.5. The summed E-state index contributed by atoms with van der Waals surface area (Å²) in [5, 5.41) is 34.1. The Morgan fingerprint density at radius 2 is 1.97 bits per heavy atom. The number of halogens is 1. The van der Waals surface area contributed by atoms with Gasteiger partial charge in [0.15, 0.2) is 6.23 Å². The Kier molecular flexibility index (Phi) is 7.32. The van der Waals surface area contributed by atoms with Gasteiger partial charge in [-0.1, -0.05) is 13.8 Å². The number of Topliss-reactive ketones (excluding diaryl/α,β-unsaturated/α-hetero) is 1. The van der Waals surface area contributed by atoms with Gasteiger partial charge in [-0.15, -0.1) is 0 Å². The first-order valence-corrected chi connectivity index (χ1v) is 9.37. The van der Waals surface area contributed by atoms with Crippen molar-refractivity contribution in [3.63, 3.8) is 0 Å². The number of nitriles is 1. The third kappa shape index (κ3) is 4.84. The first-order chi connectivity index (χ1) is 14.1. The van der Waals surface area contributed by atoms with E-state index in [-0.39, 0.29) is 23.7 Å². The summed E-state index contributed by atoms with van der Waals surface area (Å²) >= 11 is 0. The maximum Gasteiger partial charge on any atom is 0.292 e. The molecule has 0 aliphatic heterocycles. The van der Waals surface area contributed by atoms with Crippen LogP contribution in [0, 0.1) is 30.0 Å². The first-order valence-electron chi connectivity index (χ1n) is 9.37. The van der Waals surface area contributed by atoms with Gasteiger partial charge >= 0.3 is 0 Å². The van der Waals surface area contributed by atoms with Crippen molar-refractivity contribution in [3.8, 4) is 6.07 Å². The van der Waals surface area contributed by atoms with Crippen molar-refractivity contribution in [2.45, 2.75) is 33.0 Å². The molecule has 1 heterocycles. The van der Waals surface area contributed by atoms with Crippen LogP contribution in [0.25, 0.3) is 0 Å². The summed E-state index contributed by atoms with van der Waals surface area (Å²) in [4.78, 5) is 24.9. The predicted octanol–water partition coefficient (Wildman–Crippen LogP) is 1.76. The number of hydrogen-bond donors (Lipinski definition) is 4. The Labute approximate surface area is 173 Å². The highest BCUT2D eigenvalue weighted by atomic mass is 19.1. The zero-order valence-electron chi connectivity index (χ0n) is 17.2. The van der Waals surface area contributed by atoms with Crippen molar-refractivity contribution >= 4 is 17.4 Å². The van der Waals surface area contributed by atoms with E-state index in [9.17, 15) is 24.2 Å². The molecule has 2 rings (SSSR count). The molecule has 1 unspecified atom stereocenters. The zero-order valence-corrected chi connectivity index (χ0v) is 17.2. The Morgan fingerprint density at radius 3 is 2.53 bits per heavy atom. The lowest BCUT2D eigenvalue weighted by Crippen LogP contribution is -2.44. The molecule has 4 N–H and O–H groups in total. The average Bonchev–Trinajstić information content (AvgIpc) is 3.01. The van der Waals surface area contributed by atoms with Gasteiger partial charge in [-0.05, 0) is 37.1 Å². The van der Waals surface area contributed by atoms with Crippen LogP contribution in [0.3, 0.4) is 0 Å². The number of carbonyl (C=O) groups is 2. The summed E-state index contributed by atoms with van der Waals surface area (Å²) in [7, 11) is 1.63. The number of amides is 1. The minimum Gasteiger partial charge on any atom is -0.394 e. The number of aliphatic hydroxyl groups excluding tert-OH is 2. The van der Waals surface area contributed by atoms with Crippen molar-refractivity contribution in [1.29, 1.82) is 5.26 Å². The number of aromatic nitrogens is 1. The fourth-order valence-electron chi connectivity index (χ4n) is 2.93. The molecule has 0 saturated carbocycles. The standard InChI is InChI=1S/C21H25FN4O4/c1-11(2)17(10-27)25-21(30)19(28)15-8-18(26(4)12(15)3)20(29)24-14-5-6-16(22)13(7-14)9-23/h5-8,11,17,20,24,27,29H,10H2,1-4H3,(H,25,30)/t17-,20?/m1/s1. The van der Waals surface area contributed by atoms with Crippen molar-refractivity contribution in [3.05, 3.63) is 52.6 Å². The lowest BCUT2D eigenvalue weighted by molar-refractivity contribution is -0.118. The zero-order chi connectivity index (χ0) is 22.6. The lowest BCUT2D eigenvalue weighted by atomic mass is 10.0. The minimum absolute atomic E-state index is 0.0563. The Balaban J connectivity index is 2.24. The Morgan fingerprint density at radius 1 is 1.30 bits per heavy atom. The molecule has 1 amide bonds. The van der Waals surface area contributed by atoms with E-state index in [1.165, 1.54) is 18.2 Å². The number of nitrogens with zero attached hydrogens (tertiary/aromatic N) is 2. The first kappa shape index (κ1) is 23.1. The molecule has 0 aliphatic carbocycles. The SMILES string of the molecule is Cc1c(C(=O)C(=O)N[C@H](CO)C(C)C)cc(C(O)Nc2ccc(F)c(C#N)c2)n1C. The second kappa shape index (κ2) is 9.52. The van der Waals surface area contributed by atoms with E-state index in [0.717, 1.165) is 6.07 Å². The minimum atomic E-state index is -1.28. The highest BCUT2D eigenvalue weighted by Crippen LogP contribution is 2.24. The van der Waals surface area contributed by atoms with Crippen LogP contribution < -0.4 is 10.6 Å². The summed E-state index contributed by atoms with van der Waals surface area (Å²) in [5.41, 5.74) is 1.02. The van der Waals surface area contributed by atoms with E-state index in [1.54, 1.807) is 24.6 Å². The largest absolute Gasteiger partial charge is 0.394 e. The number of ketones is 1. The van der Waals surface area contributed by atoms with Gasteiger partial charge in [-0.3, -0.25) is 9.59 Å². The molecule has 0 fully saturated rings. The van der Waals surface area contributed by atoms with Crippen LogP contribution >= 0.6 is 0 Å². The monoisotopic (exact) mass is 416 g/mol. The smallest absolute Gasteiger partial charge is 0.292 e. The summed E-state index contributed by atoms with van der Waals surface area (Å²) in [6.45, 7) is 4.97. The normalized spacial score (nSPS) is 12.9. The second-order valence-electron chi connectivity index (χ2n) is 7.32. The molecule has 1 aromatic carbocycles. The van der Waals surface area contributed by atoms with Crippen LogP contribution in [0.1, 0.15) is 47.4 Å². The highest BCUT2D eigenvalue weighted by molar-refractivity contribution is 6.43. The summed E-state index contributed by atoms with van der Waals surface area (Å²) in [5.74, 6) is -2.36. The van der Waals surface area contributed by atoms with Crippen LogP contribution in [0.4, 0.5) is 10.1 Å². The molecule has 0 aliphatic rings. The molecule has 2 aromatic rings. The van der Waals surface area contributed by atoms with Gasteiger partial charge in [0.25, 0.3) is 11.7 Å². The van der Waals surface area contributed by atoms with Crippen LogP contribution in [-0.4, -0.2) is 39.1 Å². The van der Waals surface area contributed by atoms with E-state index in [0.29, 0.717) is 17.1 Å². The topological polar surface area (TPSA) is 127 Å². The Hall–Kier alpha value is -3.22. The van der Waals surface area contributed by atoms with E-state index < -0.39 is 29.8 Å². The van der Waals surface area contributed by atoms with Crippen LogP contribution in [-0.2, 0) is 11.8 Å². The molecular formula is C21H25FN4O4. The van der Waals surface area contributed by atoms with Gasteiger partial charge in [0.05, 0.1) is 23.9 Å². The van der Waals surface area contributed by atoms with E-state index in [2.05, 4.69) is 10.6 Å². The van der Waals surface area contributed by atoms with Gasteiger partial charge < -0.3 is 25.4 Å². The molecular weight excluding hydrogens is 391 g/mol. The number of rotatable bonds is 8. The van der Waals surface area contributed by atoms with Gasteiger partial charge in [-0.2, -0.15) is 5.26 Å². The molecule has 0 radical (unpaired) electrons. The molecule has 0 spiro atoms. The summed E-state index contributed by atoms with van der Waals surface area (Å²) in [6.07, 6.45) is -1.28. The third-order valence-electron chi connectivity index (χ3n) is 5.01. The molecule has 30 heavy (non-hydrogen) atoms. The average molecular weight is 416 g/mol. The summed E-state index contributed by atoms with van der Waals surface area (Å²) in [6, 6.07) is 6.30. The Bertz CT molecular complexity index is 994. The number of hydrogen-bond acceptors (Lipinski definition) is 6. The van der Waals surface area contributed by atoms with Gasteiger partial charge in [0.2, 0.25) is 0 Å². The number of aliphatic hydroxyl groups is 2. The van der Waals surface area contributed by atoms with E-state index in [4.69, 9.17) is 5.26 Å². The van der Waals surface area contributed by atoms with Gasteiger partial charge in [0, 0.05) is 24.0 Å². The lowest BCUT2D eigenvalue weighted by Gasteiger charge is -2.19. The fourth-order valence-corrected chi connectivity index (χ4v) is 2.93. The number of anilines is 1. The van der Waals surface area contributed by atoms with Crippen LogP contribution in [0.5, 0.6) is 0 Å². The molecule has 1 aromatic heterocycles. The second-order valence-corrected chi connectivity index (χ2v) is 7.32. The third-order valence-corrected chi connectivity index (χ3v) is 5.01. The van der Waals surface area contributed by atoms with Crippen molar-refractivity contribution < 1.29 is 24.2 Å². The number of benzene rings is 1. The number of nitrogens with one attached hydrogen (secondary N) is 2. The highest BCUT2D eigenvalue weighted by Gasteiger charge is 2.26. The predicted molar refractivity (Wildman–Crippen MR) is 108 cm³/mol. The molecule has 0 bridgehead atoms. The molecule has 9 heteroatoms. The van der Waals surface area contributed by atoms with Crippen molar-refractivity contribution in [2.24, 2.45) is 13.0 Å². The quantitative estimate of drug-likeness (QED) is 0.295. The molecule has 160 valence electrons. The fraction of sp³-hybridized carbons (Fsp3) is 0.381. The van der Waals surface area contributed by atoms with Gasteiger partial charge in [-0.25, -0.2) is 4.39 Å². The van der Waals surface area contributed by atoms with Crippen LogP contribution in [0.15, 0.2) is 24.3 Å². The maximum atomic E-state index is 13.5. The number of carbonyl (C=O) groups excluding carboxylic acids is 2. The van der Waals surface area contributed by atoms with Crippen molar-refractivity contribution in [2.75, 3.05) is 11.9 Å². The van der Waals surface area contributed by atoms with E-state index in [1.807, 2.05) is 13.8 Å². The van der Waals surface area contributed by atoms with Gasteiger partial charge in [0.1, 0.15) is 11.9 Å².